The van der Waals surface area contributed by atoms with Gasteiger partial charge in [-0.3, -0.25) is 4.79 Å². The third kappa shape index (κ3) is 4.65. The predicted octanol–water partition coefficient (Wildman–Crippen LogP) is 3.49. The molecule has 0 aliphatic carbocycles. The fourth-order valence-electron chi connectivity index (χ4n) is 1.91. The summed E-state index contributed by atoms with van der Waals surface area (Å²) >= 11 is 3.06. The first-order valence-corrected chi connectivity index (χ1v) is 7.41. The molecule has 0 aromatic heterocycles. The molecule has 5 heteroatoms. The van der Waals surface area contributed by atoms with Crippen LogP contribution in [0, 0.1) is 5.82 Å². The number of halogens is 2. The van der Waals surface area contributed by atoms with Crippen molar-refractivity contribution < 1.29 is 9.18 Å². The van der Waals surface area contributed by atoms with Crippen LogP contribution < -0.4 is 11.1 Å². The lowest BCUT2D eigenvalue weighted by Crippen LogP contribution is -2.36. The maximum absolute atomic E-state index is 13.4. The van der Waals surface area contributed by atoms with E-state index < -0.39 is 11.9 Å². The third-order valence-corrected chi connectivity index (χ3v) is 3.75. The molecular formula is C16H16BrFN2O. The number of nitrogens with two attached hydrogens (primary N) is 1. The summed E-state index contributed by atoms with van der Waals surface area (Å²) in [4.78, 5) is 12.0. The minimum atomic E-state index is -0.628. The predicted molar refractivity (Wildman–Crippen MR) is 85.5 cm³/mol. The quantitative estimate of drug-likeness (QED) is 0.867. The number of nitrogens with one attached hydrogen (secondary N) is 1. The first-order valence-electron chi connectivity index (χ1n) is 6.61. The first-order chi connectivity index (χ1) is 10.1. The largest absolute Gasteiger partial charge is 0.325 e. The molecule has 110 valence electrons. The minimum absolute atomic E-state index is 0.312. The molecule has 0 fully saturated rings. The monoisotopic (exact) mass is 350 g/mol. The first kappa shape index (κ1) is 15.7. The molecule has 3 nitrogen and oxygen atoms in total. The summed E-state index contributed by atoms with van der Waals surface area (Å²) in [6.07, 6.45) is 1.26. The average Bonchev–Trinajstić information content (AvgIpc) is 2.49. The van der Waals surface area contributed by atoms with Crippen LogP contribution in [0.25, 0.3) is 0 Å². The molecule has 0 spiro atoms. The van der Waals surface area contributed by atoms with Crippen molar-refractivity contribution in [3.63, 3.8) is 0 Å². The van der Waals surface area contributed by atoms with E-state index in [1.54, 1.807) is 12.1 Å². The molecule has 0 aliphatic rings. The van der Waals surface area contributed by atoms with E-state index in [2.05, 4.69) is 21.2 Å². The Morgan fingerprint density at radius 2 is 1.95 bits per heavy atom. The van der Waals surface area contributed by atoms with Gasteiger partial charge in [-0.05, 0) is 52.5 Å². The second-order valence-corrected chi connectivity index (χ2v) is 5.60. The fraction of sp³-hybridized carbons (Fsp3) is 0.188. The summed E-state index contributed by atoms with van der Waals surface area (Å²) < 4.78 is 13.7. The molecule has 0 aliphatic heterocycles. The Kier molecular flexibility index (Phi) is 5.47. The Labute approximate surface area is 131 Å². The van der Waals surface area contributed by atoms with Gasteiger partial charge >= 0.3 is 0 Å². The van der Waals surface area contributed by atoms with E-state index in [1.807, 2.05) is 30.3 Å². The average molecular weight is 351 g/mol. The van der Waals surface area contributed by atoms with Crippen LogP contribution in [-0.2, 0) is 11.2 Å². The van der Waals surface area contributed by atoms with Gasteiger partial charge in [0.25, 0.3) is 0 Å². The Bertz CT molecular complexity index is 619. The van der Waals surface area contributed by atoms with E-state index in [1.165, 1.54) is 6.07 Å². The van der Waals surface area contributed by atoms with E-state index in [0.29, 0.717) is 16.6 Å². The van der Waals surface area contributed by atoms with Crippen molar-refractivity contribution in [2.24, 2.45) is 5.73 Å². The van der Waals surface area contributed by atoms with Crippen molar-refractivity contribution in [3.05, 3.63) is 64.4 Å². The minimum Gasteiger partial charge on any atom is -0.325 e. The van der Waals surface area contributed by atoms with Gasteiger partial charge in [-0.15, -0.1) is 0 Å². The summed E-state index contributed by atoms with van der Waals surface area (Å²) in [5, 5.41) is 2.62. The summed E-state index contributed by atoms with van der Waals surface area (Å²) in [6, 6.07) is 13.6. The van der Waals surface area contributed by atoms with E-state index in [9.17, 15) is 9.18 Å². The summed E-state index contributed by atoms with van der Waals surface area (Å²) in [6.45, 7) is 0. The van der Waals surface area contributed by atoms with Crippen LogP contribution in [0.4, 0.5) is 10.1 Å². The molecule has 3 N–H and O–H groups in total. The summed E-state index contributed by atoms with van der Waals surface area (Å²) in [5.74, 6) is -0.738. The number of carbonyl (C=O) groups is 1. The van der Waals surface area contributed by atoms with Gasteiger partial charge in [0, 0.05) is 5.69 Å². The summed E-state index contributed by atoms with van der Waals surface area (Å²) in [7, 11) is 0. The van der Waals surface area contributed by atoms with E-state index in [4.69, 9.17) is 5.73 Å². The zero-order chi connectivity index (χ0) is 15.2. The Morgan fingerprint density at radius 3 is 2.62 bits per heavy atom. The lowest BCUT2D eigenvalue weighted by molar-refractivity contribution is -0.117. The molecular weight excluding hydrogens is 335 g/mol. The second kappa shape index (κ2) is 7.33. The highest BCUT2D eigenvalue weighted by Gasteiger charge is 2.14. The number of rotatable bonds is 5. The van der Waals surface area contributed by atoms with E-state index >= 15 is 0 Å². The number of benzene rings is 2. The number of hydrogen-bond acceptors (Lipinski definition) is 2. The van der Waals surface area contributed by atoms with Crippen LogP contribution in [-0.4, -0.2) is 11.9 Å². The van der Waals surface area contributed by atoms with Crippen LogP contribution in [0.15, 0.2) is 53.0 Å². The van der Waals surface area contributed by atoms with Crippen molar-refractivity contribution in [2.45, 2.75) is 18.9 Å². The van der Waals surface area contributed by atoms with Gasteiger partial charge in [0.05, 0.1) is 10.5 Å². The Balaban J connectivity index is 1.89. The lowest BCUT2D eigenvalue weighted by atomic mass is 10.1. The maximum Gasteiger partial charge on any atom is 0.241 e. The fourth-order valence-corrected chi connectivity index (χ4v) is 2.15. The molecule has 1 atom stereocenters. The molecule has 0 radical (unpaired) electrons. The molecule has 0 saturated carbocycles. The van der Waals surface area contributed by atoms with Crippen molar-refractivity contribution in [3.8, 4) is 0 Å². The Hall–Kier alpha value is -1.72. The molecule has 1 unspecified atom stereocenters. The van der Waals surface area contributed by atoms with E-state index in [-0.39, 0.29) is 5.91 Å². The molecule has 0 bridgehead atoms. The SMILES string of the molecule is NC(CCc1ccccc1)C(=O)Nc1ccc(Br)c(F)c1. The number of anilines is 1. The molecule has 21 heavy (non-hydrogen) atoms. The number of amides is 1. The molecule has 2 rings (SSSR count). The van der Waals surface area contributed by atoms with E-state index in [0.717, 1.165) is 12.0 Å². The highest BCUT2D eigenvalue weighted by molar-refractivity contribution is 9.10. The maximum atomic E-state index is 13.4. The third-order valence-electron chi connectivity index (χ3n) is 3.11. The standard InChI is InChI=1S/C16H16BrFN2O/c17-13-8-7-12(10-14(13)18)20-16(21)15(19)9-6-11-4-2-1-3-5-11/h1-5,7-8,10,15H,6,9,19H2,(H,20,21). The molecule has 2 aromatic carbocycles. The number of aryl methyl sites for hydroxylation is 1. The zero-order valence-corrected chi connectivity index (χ0v) is 12.9. The number of carbonyl (C=O) groups excluding carboxylic acids is 1. The normalized spacial score (nSPS) is 12.0. The van der Waals surface area contributed by atoms with Gasteiger partial charge in [-0.1, -0.05) is 30.3 Å². The number of hydrogen-bond donors (Lipinski definition) is 2. The second-order valence-electron chi connectivity index (χ2n) is 4.75. The van der Waals surface area contributed by atoms with Crippen LogP contribution in [0.5, 0.6) is 0 Å². The van der Waals surface area contributed by atoms with Crippen LogP contribution in [0.2, 0.25) is 0 Å². The highest BCUT2D eigenvalue weighted by atomic mass is 79.9. The van der Waals surface area contributed by atoms with Crippen molar-refractivity contribution in [1.82, 2.24) is 0 Å². The van der Waals surface area contributed by atoms with Crippen molar-refractivity contribution in [2.75, 3.05) is 5.32 Å². The van der Waals surface area contributed by atoms with Crippen LogP contribution >= 0.6 is 15.9 Å². The van der Waals surface area contributed by atoms with Gasteiger partial charge in [-0.2, -0.15) is 0 Å². The lowest BCUT2D eigenvalue weighted by Gasteiger charge is -2.12. The van der Waals surface area contributed by atoms with Crippen LogP contribution in [0.1, 0.15) is 12.0 Å². The topological polar surface area (TPSA) is 55.1 Å². The molecule has 2 aromatic rings. The Morgan fingerprint density at radius 1 is 1.24 bits per heavy atom. The zero-order valence-electron chi connectivity index (χ0n) is 11.4. The van der Waals surface area contributed by atoms with Crippen molar-refractivity contribution >= 4 is 27.5 Å². The highest BCUT2D eigenvalue weighted by Crippen LogP contribution is 2.19. The van der Waals surface area contributed by atoms with Gasteiger partial charge in [-0.25, -0.2) is 4.39 Å². The van der Waals surface area contributed by atoms with Gasteiger partial charge in [0.15, 0.2) is 0 Å². The smallest absolute Gasteiger partial charge is 0.241 e. The van der Waals surface area contributed by atoms with Crippen LogP contribution in [0.3, 0.4) is 0 Å². The molecule has 0 heterocycles. The van der Waals surface area contributed by atoms with Gasteiger partial charge < -0.3 is 11.1 Å². The molecule has 0 saturated heterocycles. The van der Waals surface area contributed by atoms with Gasteiger partial charge in [0.2, 0.25) is 5.91 Å². The van der Waals surface area contributed by atoms with Crippen molar-refractivity contribution in [1.29, 1.82) is 0 Å². The van der Waals surface area contributed by atoms with Gasteiger partial charge in [0.1, 0.15) is 5.82 Å². The molecule has 1 amide bonds. The summed E-state index contributed by atoms with van der Waals surface area (Å²) in [5.41, 5.74) is 7.40.